The Bertz CT molecular complexity index is 230. The van der Waals surface area contributed by atoms with Crippen LogP contribution in [0, 0.1) is 5.41 Å². The Kier molecular flexibility index (Phi) is 5.92. The van der Waals surface area contributed by atoms with Crippen LogP contribution in [-0.4, -0.2) is 50.2 Å². The van der Waals surface area contributed by atoms with Crippen molar-refractivity contribution >= 4 is 5.91 Å². The molecular weight excluding hydrogens is 216 g/mol. The minimum Gasteiger partial charge on any atom is -0.379 e. The lowest BCUT2D eigenvalue weighted by Gasteiger charge is -2.39. The van der Waals surface area contributed by atoms with Crippen LogP contribution in [0.5, 0.6) is 0 Å². The van der Waals surface area contributed by atoms with Crippen LogP contribution in [0.25, 0.3) is 0 Å². The molecule has 0 saturated carbocycles. The summed E-state index contributed by atoms with van der Waals surface area (Å²) in [5.74, 6) is 0.172. The van der Waals surface area contributed by atoms with E-state index in [2.05, 4.69) is 31.0 Å². The van der Waals surface area contributed by atoms with Gasteiger partial charge in [-0.2, -0.15) is 0 Å². The lowest BCUT2D eigenvalue weighted by molar-refractivity contribution is -0.162. The maximum atomic E-state index is 12.0. The lowest BCUT2D eigenvalue weighted by Crippen LogP contribution is -2.53. The predicted octanol–water partition coefficient (Wildman–Crippen LogP) is 1.26. The third kappa shape index (κ3) is 3.68. The summed E-state index contributed by atoms with van der Waals surface area (Å²) in [6.07, 6.45) is 1.89. The molecule has 0 aliphatic carbocycles. The Balaban J connectivity index is 2.16. The molecular formula is C13H26N2O2. The van der Waals surface area contributed by atoms with E-state index in [1.165, 1.54) is 0 Å². The van der Waals surface area contributed by atoms with E-state index in [1.807, 2.05) is 0 Å². The Morgan fingerprint density at radius 3 is 2.35 bits per heavy atom. The number of carbonyl (C=O) groups excluding carboxylic acids is 1. The number of carbonyl (C=O) groups is 1. The number of rotatable bonds is 8. The summed E-state index contributed by atoms with van der Waals surface area (Å²) in [7, 11) is 0. The van der Waals surface area contributed by atoms with E-state index in [0.29, 0.717) is 13.2 Å². The summed E-state index contributed by atoms with van der Waals surface area (Å²) in [6, 6.07) is 0. The highest BCUT2D eigenvalue weighted by atomic mass is 16.5. The van der Waals surface area contributed by atoms with Crippen LogP contribution in [-0.2, 0) is 9.53 Å². The van der Waals surface area contributed by atoms with Crippen LogP contribution >= 0.6 is 0 Å². The van der Waals surface area contributed by atoms with E-state index >= 15 is 0 Å². The molecule has 4 nitrogen and oxygen atoms in total. The van der Waals surface area contributed by atoms with Crippen molar-refractivity contribution in [3.05, 3.63) is 0 Å². The normalized spacial score (nSPS) is 17.9. The van der Waals surface area contributed by atoms with Crippen LogP contribution in [0.15, 0.2) is 0 Å². The highest BCUT2D eigenvalue weighted by Gasteiger charge is 2.43. The summed E-state index contributed by atoms with van der Waals surface area (Å²) >= 11 is 0. The molecule has 1 fully saturated rings. The van der Waals surface area contributed by atoms with Crippen LogP contribution in [0.3, 0.4) is 0 Å². The summed E-state index contributed by atoms with van der Waals surface area (Å²) in [4.78, 5) is 14.3. The fourth-order valence-electron chi connectivity index (χ4n) is 2.08. The van der Waals surface area contributed by atoms with E-state index in [0.717, 1.165) is 39.0 Å². The first-order chi connectivity index (χ1) is 8.18. The van der Waals surface area contributed by atoms with E-state index in [9.17, 15) is 4.79 Å². The smallest absolute Gasteiger partial charge is 0.230 e. The molecule has 100 valence electrons. The Morgan fingerprint density at radius 2 is 1.94 bits per heavy atom. The van der Waals surface area contributed by atoms with Crippen molar-refractivity contribution in [2.45, 2.75) is 33.6 Å². The molecule has 1 N–H and O–H groups in total. The minimum atomic E-state index is -0.227. The van der Waals surface area contributed by atoms with Gasteiger partial charge in [0.05, 0.1) is 18.6 Å². The molecule has 1 heterocycles. The van der Waals surface area contributed by atoms with Gasteiger partial charge >= 0.3 is 0 Å². The van der Waals surface area contributed by atoms with Gasteiger partial charge in [0.15, 0.2) is 0 Å². The highest BCUT2D eigenvalue weighted by molar-refractivity contribution is 5.83. The van der Waals surface area contributed by atoms with Crippen molar-refractivity contribution in [1.29, 1.82) is 0 Å². The second kappa shape index (κ2) is 6.97. The Labute approximate surface area is 105 Å². The monoisotopic (exact) mass is 242 g/mol. The molecule has 1 rings (SSSR count). The SMILES string of the molecule is CCN(CC)CCCNC(=O)C1(CC)COC1. The highest BCUT2D eigenvalue weighted by Crippen LogP contribution is 2.31. The van der Waals surface area contributed by atoms with Crippen molar-refractivity contribution in [1.82, 2.24) is 10.2 Å². The van der Waals surface area contributed by atoms with Gasteiger partial charge in [-0.1, -0.05) is 20.8 Å². The van der Waals surface area contributed by atoms with Crippen molar-refractivity contribution in [3.8, 4) is 0 Å². The van der Waals surface area contributed by atoms with Gasteiger partial charge in [-0.15, -0.1) is 0 Å². The van der Waals surface area contributed by atoms with Gasteiger partial charge in [-0.3, -0.25) is 4.79 Å². The second-order valence-electron chi connectivity index (χ2n) is 4.76. The zero-order valence-corrected chi connectivity index (χ0v) is 11.4. The topological polar surface area (TPSA) is 41.6 Å². The first-order valence-corrected chi connectivity index (χ1v) is 6.77. The maximum Gasteiger partial charge on any atom is 0.230 e. The molecule has 1 aliphatic rings. The van der Waals surface area contributed by atoms with Gasteiger partial charge < -0.3 is 15.0 Å². The van der Waals surface area contributed by atoms with Crippen molar-refractivity contribution in [2.75, 3.05) is 39.4 Å². The molecule has 4 heteroatoms. The van der Waals surface area contributed by atoms with Gasteiger partial charge in [0.2, 0.25) is 5.91 Å². The third-order valence-corrected chi connectivity index (χ3v) is 3.75. The molecule has 0 aromatic heterocycles. The van der Waals surface area contributed by atoms with Crippen LogP contribution in [0.4, 0.5) is 0 Å². The molecule has 1 aliphatic heterocycles. The Hall–Kier alpha value is -0.610. The zero-order chi connectivity index (χ0) is 12.7. The quantitative estimate of drug-likeness (QED) is 0.652. The fourth-order valence-corrected chi connectivity index (χ4v) is 2.08. The number of nitrogens with one attached hydrogen (secondary N) is 1. The van der Waals surface area contributed by atoms with E-state index in [4.69, 9.17) is 4.74 Å². The van der Waals surface area contributed by atoms with E-state index in [1.54, 1.807) is 0 Å². The average Bonchev–Trinajstić information content (AvgIpc) is 2.28. The van der Waals surface area contributed by atoms with Crippen molar-refractivity contribution in [3.63, 3.8) is 0 Å². The standard InChI is InChI=1S/C13H26N2O2/c1-4-13(10-17-11-13)12(16)14-8-7-9-15(5-2)6-3/h4-11H2,1-3H3,(H,14,16). The first kappa shape index (κ1) is 14.5. The summed E-state index contributed by atoms with van der Waals surface area (Å²) in [5, 5.41) is 3.03. The van der Waals surface area contributed by atoms with Gasteiger partial charge in [0.25, 0.3) is 0 Å². The zero-order valence-electron chi connectivity index (χ0n) is 11.4. The summed E-state index contributed by atoms with van der Waals surface area (Å²) < 4.78 is 5.16. The van der Waals surface area contributed by atoms with Crippen LogP contribution in [0.2, 0.25) is 0 Å². The van der Waals surface area contributed by atoms with Crippen LogP contribution < -0.4 is 5.32 Å². The Morgan fingerprint density at radius 1 is 1.29 bits per heavy atom. The first-order valence-electron chi connectivity index (χ1n) is 6.77. The molecule has 0 bridgehead atoms. The maximum absolute atomic E-state index is 12.0. The van der Waals surface area contributed by atoms with Crippen molar-refractivity contribution < 1.29 is 9.53 Å². The molecule has 0 unspecified atom stereocenters. The van der Waals surface area contributed by atoms with Gasteiger partial charge in [0.1, 0.15) is 0 Å². The van der Waals surface area contributed by atoms with E-state index < -0.39 is 0 Å². The molecule has 0 atom stereocenters. The average molecular weight is 242 g/mol. The molecule has 17 heavy (non-hydrogen) atoms. The molecule has 1 amide bonds. The number of hydrogen-bond acceptors (Lipinski definition) is 3. The summed E-state index contributed by atoms with van der Waals surface area (Å²) in [6.45, 7) is 11.6. The van der Waals surface area contributed by atoms with Gasteiger partial charge in [0, 0.05) is 6.54 Å². The minimum absolute atomic E-state index is 0.172. The second-order valence-corrected chi connectivity index (χ2v) is 4.76. The molecule has 0 aromatic rings. The number of ether oxygens (including phenoxy) is 1. The molecule has 0 radical (unpaired) electrons. The lowest BCUT2D eigenvalue weighted by atomic mass is 9.82. The number of hydrogen-bond donors (Lipinski definition) is 1. The third-order valence-electron chi connectivity index (χ3n) is 3.75. The van der Waals surface area contributed by atoms with Crippen LogP contribution in [0.1, 0.15) is 33.6 Å². The molecule has 0 aromatic carbocycles. The summed E-state index contributed by atoms with van der Waals surface area (Å²) in [5.41, 5.74) is -0.227. The number of nitrogens with zero attached hydrogens (tertiary/aromatic N) is 1. The fraction of sp³-hybridized carbons (Fsp3) is 0.923. The molecule has 0 spiro atoms. The van der Waals surface area contributed by atoms with Crippen molar-refractivity contribution in [2.24, 2.45) is 5.41 Å². The van der Waals surface area contributed by atoms with E-state index in [-0.39, 0.29) is 11.3 Å². The van der Waals surface area contributed by atoms with Gasteiger partial charge in [-0.05, 0) is 32.5 Å². The van der Waals surface area contributed by atoms with Gasteiger partial charge in [-0.25, -0.2) is 0 Å². The largest absolute Gasteiger partial charge is 0.379 e. The molecule has 1 saturated heterocycles. The number of amides is 1. The predicted molar refractivity (Wildman–Crippen MR) is 69.0 cm³/mol.